The fourth-order valence-electron chi connectivity index (χ4n) is 5.78. The van der Waals surface area contributed by atoms with Gasteiger partial charge in [-0.25, -0.2) is 18.0 Å². The van der Waals surface area contributed by atoms with Crippen LogP contribution in [0.15, 0.2) is 108 Å². The lowest BCUT2D eigenvalue weighted by atomic mass is 9.85. The molecule has 228 valence electrons. The van der Waals surface area contributed by atoms with Crippen molar-refractivity contribution in [1.82, 2.24) is 9.21 Å². The molecule has 0 bridgehead atoms. The van der Waals surface area contributed by atoms with Gasteiger partial charge in [0.25, 0.3) is 5.54 Å². The van der Waals surface area contributed by atoms with Gasteiger partial charge in [-0.15, -0.1) is 4.31 Å². The average Bonchev–Trinajstić information content (AvgIpc) is 3.33. The Bertz CT molecular complexity index is 1730. The van der Waals surface area contributed by atoms with Crippen LogP contribution in [0.25, 0.3) is 0 Å². The Kier molecular flexibility index (Phi) is 9.15. The van der Waals surface area contributed by atoms with Crippen molar-refractivity contribution in [3.8, 4) is 0 Å². The molecule has 8 nitrogen and oxygen atoms in total. The number of ether oxygens (including phenoxy) is 2. The maximum absolute atomic E-state index is 14.9. The Morgan fingerprint density at radius 1 is 0.750 bits per heavy atom. The topological polar surface area (TPSA) is 93.2 Å². The van der Waals surface area contributed by atoms with E-state index in [1.807, 2.05) is 37.3 Å². The molecule has 0 spiro atoms. The van der Waals surface area contributed by atoms with E-state index in [9.17, 15) is 18.0 Å². The van der Waals surface area contributed by atoms with Crippen LogP contribution in [0.1, 0.15) is 34.5 Å². The second-order valence-corrected chi connectivity index (χ2v) is 13.1. The molecule has 4 aromatic rings. The summed E-state index contributed by atoms with van der Waals surface area (Å²) in [7, 11) is -2.40. The van der Waals surface area contributed by atoms with Crippen molar-refractivity contribution in [1.29, 1.82) is 0 Å². The van der Waals surface area contributed by atoms with E-state index in [2.05, 4.69) is 0 Å². The van der Waals surface area contributed by atoms with E-state index in [0.717, 1.165) is 29.7 Å². The van der Waals surface area contributed by atoms with Crippen LogP contribution in [0.2, 0.25) is 10.0 Å². The molecule has 1 heterocycles. The summed E-state index contributed by atoms with van der Waals surface area (Å²) < 4.78 is 41.4. The summed E-state index contributed by atoms with van der Waals surface area (Å²) in [5.41, 5.74) is 0.0247. The van der Waals surface area contributed by atoms with Crippen molar-refractivity contribution >= 4 is 45.2 Å². The number of esters is 2. The largest absolute Gasteiger partial charge is 0.467 e. The Morgan fingerprint density at radius 2 is 1.25 bits per heavy atom. The highest BCUT2D eigenvalue weighted by atomic mass is 35.5. The Balaban J connectivity index is 1.93. The number of carbonyl (C=O) groups is 2. The predicted octanol–water partition coefficient (Wildman–Crippen LogP) is 6.33. The highest BCUT2D eigenvalue weighted by molar-refractivity contribution is 7.89. The molecule has 44 heavy (non-hydrogen) atoms. The van der Waals surface area contributed by atoms with Gasteiger partial charge >= 0.3 is 11.9 Å². The van der Waals surface area contributed by atoms with E-state index in [1.165, 1.54) is 12.1 Å². The summed E-state index contributed by atoms with van der Waals surface area (Å²) >= 11 is 12.5. The van der Waals surface area contributed by atoms with Crippen molar-refractivity contribution in [2.75, 3.05) is 14.2 Å². The smallest absolute Gasteiger partial charge is 0.341 e. The zero-order valence-corrected chi connectivity index (χ0v) is 26.5. The van der Waals surface area contributed by atoms with Crippen LogP contribution in [0.3, 0.4) is 0 Å². The maximum atomic E-state index is 14.9. The molecule has 0 N–H and O–H groups in total. The molecular formula is C33H30Cl2N2O6S. The molecular weight excluding hydrogens is 623 g/mol. The maximum Gasteiger partial charge on any atom is 0.341 e. The minimum absolute atomic E-state index is 0.115. The predicted molar refractivity (Wildman–Crippen MR) is 167 cm³/mol. The number of halogens is 2. The van der Waals surface area contributed by atoms with Crippen LogP contribution in [-0.2, 0) is 35.6 Å². The fraction of sp³-hybridized carbons (Fsp3) is 0.212. The Morgan fingerprint density at radius 3 is 1.75 bits per heavy atom. The molecule has 4 aromatic carbocycles. The van der Waals surface area contributed by atoms with Crippen LogP contribution in [0.5, 0.6) is 0 Å². The van der Waals surface area contributed by atoms with Crippen molar-refractivity contribution < 1.29 is 27.5 Å². The van der Waals surface area contributed by atoms with Crippen LogP contribution in [0, 0.1) is 6.92 Å². The lowest BCUT2D eigenvalue weighted by molar-refractivity contribution is -0.168. The molecule has 5 rings (SSSR count). The molecule has 0 radical (unpaired) electrons. The van der Waals surface area contributed by atoms with E-state index >= 15 is 0 Å². The summed E-state index contributed by atoms with van der Waals surface area (Å²) in [5, 5.41) is 0.845. The minimum atomic E-state index is -4.62. The number of nitrogens with zero attached hydrogens (tertiary/aromatic N) is 2. The van der Waals surface area contributed by atoms with E-state index in [-0.39, 0.29) is 11.4 Å². The number of carbonyl (C=O) groups excluding carboxylic acids is 2. The fourth-order valence-corrected chi connectivity index (χ4v) is 7.88. The molecule has 0 unspecified atom stereocenters. The van der Waals surface area contributed by atoms with E-state index in [1.54, 1.807) is 65.6 Å². The standard InChI is InChI=1S/C33H30Cl2N2O6S/c1-22-9-19-28(20-10-22)44(40,41)37-30(25-13-17-27(35)18-14-25)36(21-23-7-5-4-6-8-23)29(24-11-15-26(34)16-12-24)33(37,31(38)42-2)32(39)43-3/h4-20,29-30H,21H2,1-3H3/t29-,30+/m0/s1. The molecule has 1 fully saturated rings. The second-order valence-electron chi connectivity index (χ2n) is 10.4. The molecule has 2 atom stereocenters. The monoisotopic (exact) mass is 652 g/mol. The third-order valence-electron chi connectivity index (χ3n) is 7.74. The van der Waals surface area contributed by atoms with Gasteiger partial charge in [-0.3, -0.25) is 4.90 Å². The third kappa shape index (κ3) is 5.50. The zero-order chi connectivity index (χ0) is 31.6. The Hall–Kier alpha value is -3.73. The van der Waals surface area contributed by atoms with Crippen LogP contribution in [0.4, 0.5) is 0 Å². The highest BCUT2D eigenvalue weighted by Crippen LogP contribution is 2.56. The van der Waals surface area contributed by atoms with E-state index in [0.29, 0.717) is 21.2 Å². The van der Waals surface area contributed by atoms with E-state index < -0.39 is 39.7 Å². The number of benzene rings is 4. The summed E-state index contributed by atoms with van der Waals surface area (Å²) in [6.45, 7) is 1.96. The molecule has 0 amide bonds. The van der Waals surface area contributed by atoms with Crippen molar-refractivity contribution in [3.05, 3.63) is 135 Å². The van der Waals surface area contributed by atoms with Crippen LogP contribution in [-0.4, -0.2) is 49.3 Å². The molecule has 0 saturated carbocycles. The van der Waals surface area contributed by atoms with Crippen molar-refractivity contribution in [3.63, 3.8) is 0 Å². The van der Waals surface area contributed by atoms with Gasteiger partial charge in [-0.1, -0.05) is 95.5 Å². The Labute approximate surface area is 266 Å². The van der Waals surface area contributed by atoms with Gasteiger partial charge in [-0.05, 0) is 60.0 Å². The number of hydrogen-bond acceptors (Lipinski definition) is 7. The molecule has 1 saturated heterocycles. The van der Waals surface area contributed by atoms with Crippen LogP contribution >= 0.6 is 23.2 Å². The zero-order valence-electron chi connectivity index (χ0n) is 24.2. The quantitative estimate of drug-likeness (QED) is 0.162. The number of methoxy groups -OCH3 is 2. The second kappa shape index (κ2) is 12.7. The number of aryl methyl sites for hydroxylation is 1. The van der Waals surface area contributed by atoms with Crippen molar-refractivity contribution in [2.24, 2.45) is 0 Å². The van der Waals surface area contributed by atoms with Crippen molar-refractivity contribution in [2.45, 2.75) is 36.1 Å². The summed E-state index contributed by atoms with van der Waals surface area (Å²) in [4.78, 5) is 30.2. The first-order valence-electron chi connectivity index (χ1n) is 13.6. The average molecular weight is 654 g/mol. The third-order valence-corrected chi connectivity index (χ3v) is 10.1. The summed E-state index contributed by atoms with van der Waals surface area (Å²) in [6, 6.07) is 27.5. The lowest BCUT2D eigenvalue weighted by Crippen LogP contribution is -2.62. The van der Waals surface area contributed by atoms with Gasteiger partial charge in [0.1, 0.15) is 6.17 Å². The first kappa shape index (κ1) is 31.7. The number of rotatable bonds is 8. The van der Waals surface area contributed by atoms with Gasteiger partial charge in [0.2, 0.25) is 10.0 Å². The minimum Gasteiger partial charge on any atom is -0.467 e. The molecule has 1 aliphatic rings. The number of sulfonamides is 1. The summed E-state index contributed by atoms with van der Waals surface area (Å²) in [6.07, 6.45) is -1.20. The summed E-state index contributed by atoms with van der Waals surface area (Å²) in [5.74, 6) is -2.20. The van der Waals surface area contributed by atoms with E-state index in [4.69, 9.17) is 32.7 Å². The van der Waals surface area contributed by atoms with Gasteiger partial charge in [-0.2, -0.15) is 0 Å². The molecule has 0 aliphatic carbocycles. The molecule has 0 aromatic heterocycles. The van der Waals surface area contributed by atoms with Gasteiger partial charge in [0, 0.05) is 16.6 Å². The highest BCUT2D eigenvalue weighted by Gasteiger charge is 2.72. The first-order chi connectivity index (χ1) is 21.0. The van der Waals surface area contributed by atoms with Gasteiger partial charge < -0.3 is 9.47 Å². The molecule has 1 aliphatic heterocycles. The van der Waals surface area contributed by atoms with Gasteiger partial charge in [0.05, 0.1) is 25.2 Å². The van der Waals surface area contributed by atoms with Gasteiger partial charge in [0.15, 0.2) is 0 Å². The molecule has 11 heteroatoms. The number of hydrogen-bond donors (Lipinski definition) is 0. The first-order valence-corrected chi connectivity index (χ1v) is 15.8. The normalized spacial score (nSPS) is 18.6. The van der Waals surface area contributed by atoms with Crippen LogP contribution < -0.4 is 0 Å². The lowest BCUT2D eigenvalue weighted by Gasteiger charge is -2.36. The SMILES string of the molecule is COC(=O)C1(C(=O)OC)[C@H](c2ccc(Cl)cc2)N(Cc2ccccc2)[C@@H](c2ccc(Cl)cc2)N1S(=O)(=O)c1ccc(C)cc1.